The van der Waals surface area contributed by atoms with Crippen LogP contribution in [0.1, 0.15) is 17.0 Å². The van der Waals surface area contributed by atoms with E-state index in [4.69, 9.17) is 14.5 Å². The zero-order chi connectivity index (χ0) is 24.1. The van der Waals surface area contributed by atoms with Gasteiger partial charge in [-0.1, -0.05) is 72.0 Å². The monoisotopic (exact) mass is 511 g/mol. The van der Waals surface area contributed by atoms with E-state index in [1.807, 2.05) is 86.9 Å². The lowest BCUT2D eigenvalue weighted by Crippen LogP contribution is -2.40. The van der Waals surface area contributed by atoms with Gasteiger partial charge in [-0.3, -0.25) is 9.69 Å². The molecule has 8 heteroatoms. The number of amides is 1. The highest BCUT2D eigenvalue weighted by atomic mass is 35.5. The second-order valence-corrected chi connectivity index (χ2v) is 9.17. The summed E-state index contributed by atoms with van der Waals surface area (Å²) in [6.45, 7) is 1.21. The summed E-state index contributed by atoms with van der Waals surface area (Å²) >= 11 is 1.44. The summed E-state index contributed by atoms with van der Waals surface area (Å²) in [6.07, 6.45) is 0. The lowest BCUT2D eigenvalue weighted by Gasteiger charge is -2.27. The summed E-state index contributed by atoms with van der Waals surface area (Å²) < 4.78 is 12.0. The molecule has 0 spiro atoms. The minimum atomic E-state index is -0.444. The van der Waals surface area contributed by atoms with Gasteiger partial charge in [0.2, 0.25) is 5.91 Å². The maximum atomic E-state index is 14.3. The third-order valence-electron chi connectivity index (χ3n) is 5.68. The Bertz CT molecular complexity index is 1170. The summed E-state index contributed by atoms with van der Waals surface area (Å²) in [5.41, 5.74) is 2.59. The van der Waals surface area contributed by atoms with Gasteiger partial charge in [0.25, 0.3) is 0 Å². The van der Waals surface area contributed by atoms with E-state index < -0.39 is 5.92 Å². The van der Waals surface area contributed by atoms with Crippen molar-refractivity contribution in [3.05, 3.63) is 83.9 Å². The fourth-order valence-corrected chi connectivity index (χ4v) is 5.02. The van der Waals surface area contributed by atoms with Crippen molar-refractivity contribution in [1.29, 1.82) is 0 Å². The molecule has 0 saturated carbocycles. The van der Waals surface area contributed by atoms with E-state index in [0.29, 0.717) is 35.2 Å². The molecule has 3 aromatic carbocycles. The van der Waals surface area contributed by atoms with Crippen LogP contribution in [0.15, 0.2) is 72.8 Å². The molecule has 0 unspecified atom stereocenters. The Morgan fingerprint density at radius 2 is 1.40 bits per heavy atom. The molecule has 4 aromatic rings. The molecule has 0 aliphatic rings. The number of carbonyl (C=O) groups excluding carboxylic acids is 1. The molecule has 1 heterocycles. The summed E-state index contributed by atoms with van der Waals surface area (Å²) in [5.74, 6) is 0.903. The summed E-state index contributed by atoms with van der Waals surface area (Å²) in [7, 11) is 7.25. The van der Waals surface area contributed by atoms with Crippen LogP contribution in [0, 0.1) is 0 Å². The molecular formula is C27H30ClN3O3S. The Kier molecular flexibility index (Phi) is 9.09. The second kappa shape index (κ2) is 12.0. The fourth-order valence-electron chi connectivity index (χ4n) is 3.91. The number of aromatic nitrogens is 1. The maximum Gasteiger partial charge on any atom is 0.240 e. The van der Waals surface area contributed by atoms with Crippen LogP contribution in [0.2, 0.25) is 0 Å². The number of hydrogen-bond acceptors (Lipinski definition) is 6. The van der Waals surface area contributed by atoms with Gasteiger partial charge in [-0.15, -0.1) is 12.4 Å². The summed E-state index contributed by atoms with van der Waals surface area (Å²) in [4.78, 5) is 23.0. The highest BCUT2D eigenvalue weighted by molar-refractivity contribution is 7.22. The fraction of sp³-hybridized carbons (Fsp3) is 0.259. The van der Waals surface area contributed by atoms with E-state index in [2.05, 4.69) is 4.90 Å². The molecule has 0 atom stereocenters. The number of fused-ring (bicyclic) bond motifs is 1. The topological polar surface area (TPSA) is 54.9 Å². The highest BCUT2D eigenvalue weighted by Crippen LogP contribution is 2.41. The molecule has 0 fully saturated rings. The first kappa shape index (κ1) is 26.5. The molecule has 184 valence electrons. The molecule has 0 aliphatic carbocycles. The van der Waals surface area contributed by atoms with E-state index in [0.717, 1.165) is 15.8 Å². The zero-order valence-corrected chi connectivity index (χ0v) is 21.9. The van der Waals surface area contributed by atoms with Gasteiger partial charge in [0, 0.05) is 13.1 Å². The predicted octanol–water partition coefficient (Wildman–Crippen LogP) is 5.46. The van der Waals surface area contributed by atoms with E-state index >= 15 is 0 Å². The second-order valence-electron chi connectivity index (χ2n) is 8.19. The Morgan fingerprint density at radius 3 is 1.91 bits per heavy atom. The van der Waals surface area contributed by atoms with Gasteiger partial charge in [-0.25, -0.2) is 4.98 Å². The van der Waals surface area contributed by atoms with Crippen LogP contribution in [0.4, 0.5) is 5.13 Å². The maximum absolute atomic E-state index is 14.3. The number of hydrogen-bond donors (Lipinski definition) is 0. The average Bonchev–Trinajstić information content (AvgIpc) is 3.30. The molecule has 0 radical (unpaired) electrons. The predicted molar refractivity (Wildman–Crippen MR) is 146 cm³/mol. The quantitative estimate of drug-likeness (QED) is 0.298. The molecule has 1 aromatic heterocycles. The Morgan fingerprint density at radius 1 is 0.857 bits per heavy atom. The number of halogens is 1. The van der Waals surface area contributed by atoms with Crippen molar-refractivity contribution in [2.75, 3.05) is 46.3 Å². The lowest BCUT2D eigenvalue weighted by atomic mass is 9.90. The van der Waals surface area contributed by atoms with Gasteiger partial charge >= 0.3 is 0 Å². The third kappa shape index (κ3) is 5.75. The highest BCUT2D eigenvalue weighted by Gasteiger charge is 2.31. The molecule has 4 rings (SSSR count). The molecule has 0 bridgehead atoms. The molecule has 0 aliphatic heterocycles. The first-order valence-electron chi connectivity index (χ1n) is 11.1. The van der Waals surface area contributed by atoms with Gasteiger partial charge in [0.05, 0.1) is 20.1 Å². The summed E-state index contributed by atoms with van der Waals surface area (Å²) in [5, 5.41) is 0.626. The van der Waals surface area contributed by atoms with Crippen molar-refractivity contribution in [1.82, 2.24) is 9.88 Å². The molecule has 1 amide bonds. The van der Waals surface area contributed by atoms with Crippen LogP contribution in [0.25, 0.3) is 10.2 Å². The number of thiazole rings is 1. The van der Waals surface area contributed by atoms with E-state index in [1.54, 1.807) is 19.1 Å². The van der Waals surface area contributed by atoms with Crippen molar-refractivity contribution in [2.24, 2.45) is 0 Å². The lowest BCUT2D eigenvalue weighted by molar-refractivity contribution is -0.119. The molecule has 0 saturated heterocycles. The Hall–Kier alpha value is -3.13. The Labute approximate surface area is 216 Å². The van der Waals surface area contributed by atoms with Gasteiger partial charge in [-0.2, -0.15) is 0 Å². The number of nitrogens with zero attached hydrogens (tertiary/aromatic N) is 3. The standard InChI is InChI=1S/C27H29N3O3S.ClH/c1-29(2)17-18-30(27-28-24-21(32-3)15-16-22(33-4)25(24)34-27)26(31)23(19-11-7-5-8-12-19)20-13-9-6-10-14-20;/h5-16,23H,17-18H2,1-4H3;1H. The number of rotatable bonds is 9. The molecule has 6 nitrogen and oxygen atoms in total. The molecule has 0 N–H and O–H groups in total. The molecule has 35 heavy (non-hydrogen) atoms. The molecular weight excluding hydrogens is 482 g/mol. The van der Waals surface area contributed by atoms with E-state index in [1.165, 1.54) is 11.3 Å². The largest absolute Gasteiger partial charge is 0.495 e. The number of ether oxygens (including phenoxy) is 2. The van der Waals surface area contributed by atoms with Crippen molar-refractivity contribution in [3.63, 3.8) is 0 Å². The van der Waals surface area contributed by atoms with Gasteiger partial charge in [0.1, 0.15) is 21.7 Å². The van der Waals surface area contributed by atoms with Crippen molar-refractivity contribution >= 4 is 45.0 Å². The number of anilines is 1. The van der Waals surface area contributed by atoms with Crippen molar-refractivity contribution in [2.45, 2.75) is 5.92 Å². The van der Waals surface area contributed by atoms with Gasteiger partial charge < -0.3 is 14.4 Å². The summed E-state index contributed by atoms with van der Waals surface area (Å²) in [6, 6.07) is 23.5. The number of carbonyl (C=O) groups is 1. The first-order valence-corrected chi connectivity index (χ1v) is 11.9. The zero-order valence-electron chi connectivity index (χ0n) is 20.3. The number of benzene rings is 3. The van der Waals surface area contributed by atoms with Crippen LogP contribution in [-0.4, -0.2) is 57.2 Å². The van der Waals surface area contributed by atoms with E-state index in [-0.39, 0.29) is 18.3 Å². The van der Waals surface area contributed by atoms with Crippen LogP contribution < -0.4 is 14.4 Å². The Balaban J connectivity index is 0.00000342. The van der Waals surface area contributed by atoms with Crippen LogP contribution in [0.3, 0.4) is 0 Å². The average molecular weight is 512 g/mol. The van der Waals surface area contributed by atoms with Crippen LogP contribution >= 0.6 is 23.7 Å². The van der Waals surface area contributed by atoms with Crippen molar-refractivity contribution < 1.29 is 14.3 Å². The number of likely N-dealkylation sites (N-methyl/N-ethyl adjacent to an activating group) is 1. The van der Waals surface area contributed by atoms with Crippen LogP contribution in [0.5, 0.6) is 11.5 Å². The van der Waals surface area contributed by atoms with Gasteiger partial charge in [0.15, 0.2) is 5.13 Å². The first-order chi connectivity index (χ1) is 16.5. The number of methoxy groups -OCH3 is 2. The van der Waals surface area contributed by atoms with Crippen LogP contribution in [-0.2, 0) is 4.79 Å². The SMILES string of the molecule is COc1ccc(OC)c2sc(N(CCN(C)C)C(=O)C(c3ccccc3)c3ccccc3)nc12.Cl. The van der Waals surface area contributed by atoms with E-state index in [9.17, 15) is 4.79 Å². The third-order valence-corrected chi connectivity index (χ3v) is 6.77. The smallest absolute Gasteiger partial charge is 0.240 e. The minimum absolute atomic E-state index is 0. The normalized spacial score (nSPS) is 10.9. The van der Waals surface area contributed by atoms with Gasteiger partial charge in [-0.05, 0) is 37.4 Å². The minimum Gasteiger partial charge on any atom is -0.495 e. The van der Waals surface area contributed by atoms with Crippen molar-refractivity contribution in [3.8, 4) is 11.5 Å².